The van der Waals surface area contributed by atoms with Gasteiger partial charge in [-0.05, 0) is 12.8 Å². The number of hydrogen-bond donors (Lipinski definition) is 0. The number of methoxy groups -OCH3 is 1. The van der Waals surface area contributed by atoms with Gasteiger partial charge in [-0.3, -0.25) is 4.57 Å². The summed E-state index contributed by atoms with van der Waals surface area (Å²) in [5.41, 5.74) is 0. The van der Waals surface area contributed by atoms with Gasteiger partial charge in [0.1, 0.15) is 19.3 Å². The van der Waals surface area contributed by atoms with Crippen LogP contribution in [0.15, 0.2) is 0 Å². The molecule has 0 saturated heterocycles. The van der Waals surface area contributed by atoms with Crippen molar-refractivity contribution in [1.82, 2.24) is 0 Å². The van der Waals surface area contributed by atoms with Gasteiger partial charge in [0.05, 0.1) is 34.9 Å². The lowest BCUT2D eigenvalue weighted by Gasteiger charge is -2.28. The van der Waals surface area contributed by atoms with Gasteiger partial charge in [0.2, 0.25) is 0 Å². The van der Waals surface area contributed by atoms with Crippen LogP contribution in [0, 0.1) is 0 Å². The highest BCUT2D eigenvalue weighted by Crippen LogP contribution is 2.38. The van der Waals surface area contributed by atoms with Crippen LogP contribution in [0.5, 0.6) is 0 Å². The molecule has 0 aliphatic carbocycles. The molecule has 0 amide bonds. The molecule has 2 atom stereocenters. The Bertz CT molecular complexity index is 454. The summed E-state index contributed by atoms with van der Waals surface area (Å²) in [4.78, 5) is 23.3. The summed E-state index contributed by atoms with van der Waals surface area (Å²) >= 11 is 0. The molecule has 168 valence electrons. The van der Waals surface area contributed by atoms with Crippen molar-refractivity contribution in [1.29, 1.82) is 0 Å². The van der Waals surface area contributed by atoms with Crippen LogP contribution in [0.3, 0.4) is 0 Å². The maximum atomic E-state index is 11.9. The largest absolute Gasteiger partial charge is 0.756 e. The van der Waals surface area contributed by atoms with Crippen LogP contribution in [-0.4, -0.2) is 64.8 Å². The quantitative estimate of drug-likeness (QED) is 0.151. The Labute approximate surface area is 170 Å². The number of nitrogens with zero attached hydrogens (tertiary/aromatic N) is 1. The lowest BCUT2D eigenvalue weighted by Crippen LogP contribution is -2.37. The molecule has 0 saturated carbocycles. The maximum Gasteiger partial charge on any atom is 0.508 e. The van der Waals surface area contributed by atoms with Crippen LogP contribution in [0.4, 0.5) is 4.79 Å². The van der Waals surface area contributed by atoms with E-state index in [-0.39, 0.29) is 13.2 Å². The van der Waals surface area contributed by atoms with Gasteiger partial charge in [0, 0.05) is 0 Å². The van der Waals surface area contributed by atoms with E-state index in [1.54, 1.807) is 0 Å². The minimum Gasteiger partial charge on any atom is -0.756 e. The molecule has 28 heavy (non-hydrogen) atoms. The van der Waals surface area contributed by atoms with Crippen LogP contribution < -0.4 is 4.89 Å². The number of carbonyl (C=O) groups excluding carboxylic acids is 1. The number of likely N-dealkylation sites (N-methyl/N-ethyl adjacent to an activating group) is 1. The zero-order chi connectivity index (χ0) is 21.5. The highest BCUT2D eigenvalue weighted by Gasteiger charge is 2.20. The third-order valence-electron chi connectivity index (χ3n) is 4.24. The maximum absolute atomic E-state index is 11.9. The average molecular weight is 426 g/mol. The lowest BCUT2D eigenvalue weighted by molar-refractivity contribution is -0.870. The van der Waals surface area contributed by atoms with Crippen molar-refractivity contribution in [3.63, 3.8) is 0 Å². The van der Waals surface area contributed by atoms with Gasteiger partial charge in [-0.25, -0.2) is 4.79 Å². The summed E-state index contributed by atoms with van der Waals surface area (Å²) < 4.78 is 31.8. The Morgan fingerprint density at radius 1 is 1.00 bits per heavy atom. The monoisotopic (exact) mass is 425 g/mol. The summed E-state index contributed by atoms with van der Waals surface area (Å²) in [5, 5.41) is 0. The number of phosphoric ester groups is 1. The van der Waals surface area contributed by atoms with Gasteiger partial charge >= 0.3 is 6.16 Å². The zero-order valence-electron chi connectivity index (χ0n) is 18.3. The predicted octanol–water partition coefficient (Wildman–Crippen LogP) is 3.88. The Hall–Kier alpha value is -0.660. The van der Waals surface area contributed by atoms with Gasteiger partial charge in [-0.1, -0.05) is 51.9 Å². The molecule has 0 aliphatic rings. The number of hydrogen-bond acceptors (Lipinski definition) is 7. The fraction of sp³-hybridized carbons (Fsp3) is 0.947. The number of rotatable bonds is 17. The molecule has 0 rings (SSSR count). The van der Waals surface area contributed by atoms with Crippen molar-refractivity contribution in [3.8, 4) is 0 Å². The third-order valence-corrected chi connectivity index (χ3v) is 5.20. The molecular weight excluding hydrogens is 385 g/mol. The van der Waals surface area contributed by atoms with E-state index in [1.807, 2.05) is 21.1 Å². The smallest absolute Gasteiger partial charge is 0.508 e. The predicted molar refractivity (Wildman–Crippen MR) is 107 cm³/mol. The first-order valence-corrected chi connectivity index (χ1v) is 11.7. The standard InChI is InChI=1S/C19H40NO7P/c1-6-7-8-9-10-11-12-13-14-18(27-19(21)24-5)17-26-28(22,23)25-16-15-20(2,3)4/h18H,6-17H2,1-5H3. The fourth-order valence-electron chi connectivity index (χ4n) is 2.50. The molecule has 0 spiro atoms. The summed E-state index contributed by atoms with van der Waals surface area (Å²) in [6.45, 7) is 2.48. The topological polar surface area (TPSA) is 94.1 Å². The Morgan fingerprint density at radius 2 is 1.57 bits per heavy atom. The number of phosphoric acid groups is 1. The summed E-state index contributed by atoms with van der Waals surface area (Å²) in [5.74, 6) is 0. The molecule has 8 nitrogen and oxygen atoms in total. The molecule has 0 bridgehead atoms. The first kappa shape index (κ1) is 27.3. The second kappa shape index (κ2) is 15.2. The first-order valence-electron chi connectivity index (χ1n) is 10.2. The van der Waals surface area contributed by atoms with Crippen molar-refractivity contribution < 1.29 is 37.3 Å². The van der Waals surface area contributed by atoms with Gasteiger partial charge in [0.15, 0.2) is 0 Å². The first-order chi connectivity index (χ1) is 13.1. The molecule has 0 N–H and O–H groups in total. The molecule has 2 unspecified atom stereocenters. The molecule has 0 fully saturated rings. The average Bonchev–Trinajstić information content (AvgIpc) is 2.60. The molecule has 0 radical (unpaired) electrons. The van der Waals surface area contributed by atoms with Crippen LogP contribution in [0.25, 0.3) is 0 Å². The summed E-state index contributed by atoms with van der Waals surface area (Å²) in [6, 6.07) is 0. The van der Waals surface area contributed by atoms with E-state index >= 15 is 0 Å². The molecule has 0 aliphatic heterocycles. The summed E-state index contributed by atoms with van der Waals surface area (Å²) in [6.07, 6.45) is 8.13. The van der Waals surface area contributed by atoms with Crippen molar-refractivity contribution >= 4 is 14.0 Å². The minimum absolute atomic E-state index is 0.0326. The molecule has 0 heterocycles. The second-order valence-corrected chi connectivity index (χ2v) is 9.46. The number of unbranched alkanes of at least 4 members (excludes halogenated alkanes) is 7. The van der Waals surface area contributed by atoms with Gasteiger partial charge in [-0.15, -0.1) is 0 Å². The molecule has 0 aromatic heterocycles. The molecular formula is C19H40NO7P. The van der Waals surface area contributed by atoms with Crippen LogP contribution in [-0.2, 0) is 23.1 Å². The number of quaternary nitrogens is 1. The van der Waals surface area contributed by atoms with Crippen LogP contribution in [0.1, 0.15) is 64.7 Å². The van der Waals surface area contributed by atoms with Crippen LogP contribution in [0.2, 0.25) is 0 Å². The van der Waals surface area contributed by atoms with Gasteiger partial charge < -0.3 is 27.9 Å². The van der Waals surface area contributed by atoms with E-state index in [0.717, 1.165) is 19.3 Å². The van der Waals surface area contributed by atoms with Crippen molar-refractivity contribution in [2.75, 3.05) is 48.0 Å². The van der Waals surface area contributed by atoms with E-state index in [4.69, 9.17) is 13.8 Å². The normalized spacial score (nSPS) is 15.1. The van der Waals surface area contributed by atoms with Crippen molar-refractivity contribution in [2.24, 2.45) is 0 Å². The third kappa shape index (κ3) is 17.4. The van der Waals surface area contributed by atoms with E-state index in [2.05, 4.69) is 11.7 Å². The molecule has 0 aromatic rings. The van der Waals surface area contributed by atoms with E-state index in [0.29, 0.717) is 17.4 Å². The molecule has 0 aromatic carbocycles. The Morgan fingerprint density at radius 3 is 2.11 bits per heavy atom. The second-order valence-electron chi connectivity index (χ2n) is 8.05. The van der Waals surface area contributed by atoms with Crippen LogP contribution >= 0.6 is 7.82 Å². The summed E-state index contributed by atoms with van der Waals surface area (Å²) in [7, 11) is 2.58. The Kier molecular flexibility index (Phi) is 14.9. The highest BCUT2D eigenvalue weighted by molar-refractivity contribution is 7.45. The minimum atomic E-state index is -4.44. The van der Waals surface area contributed by atoms with Gasteiger partial charge in [0.25, 0.3) is 7.82 Å². The van der Waals surface area contributed by atoms with Gasteiger partial charge in [-0.2, -0.15) is 0 Å². The lowest BCUT2D eigenvalue weighted by atomic mass is 10.1. The highest BCUT2D eigenvalue weighted by atomic mass is 31.2. The number of ether oxygens (including phenoxy) is 2. The van der Waals surface area contributed by atoms with E-state index in [1.165, 1.54) is 39.2 Å². The van der Waals surface area contributed by atoms with Crippen molar-refractivity contribution in [3.05, 3.63) is 0 Å². The number of carbonyl (C=O) groups is 1. The SMILES string of the molecule is CCCCCCCCCCC(COP(=O)([O-])OCC[N+](C)(C)C)OC(=O)OC. The molecule has 9 heteroatoms. The van der Waals surface area contributed by atoms with E-state index < -0.39 is 20.1 Å². The Balaban J connectivity index is 4.22. The zero-order valence-corrected chi connectivity index (χ0v) is 19.2. The fourth-order valence-corrected chi connectivity index (χ4v) is 3.23. The van der Waals surface area contributed by atoms with E-state index in [9.17, 15) is 14.3 Å². The van der Waals surface area contributed by atoms with Crippen molar-refractivity contribution in [2.45, 2.75) is 70.8 Å².